The second-order valence-electron chi connectivity index (χ2n) is 3.49. The molecule has 0 fully saturated rings. The Kier molecular flexibility index (Phi) is 5.64. The van der Waals surface area contributed by atoms with Gasteiger partial charge in [-0.25, -0.2) is 4.79 Å². The van der Waals surface area contributed by atoms with Crippen molar-refractivity contribution in [1.29, 1.82) is 0 Å². The van der Waals surface area contributed by atoms with Crippen LogP contribution >= 0.6 is 23.2 Å². The first-order valence-corrected chi connectivity index (χ1v) is 6.05. The van der Waals surface area contributed by atoms with Gasteiger partial charge in [-0.1, -0.05) is 18.2 Å². The van der Waals surface area contributed by atoms with Crippen LogP contribution in [0.15, 0.2) is 24.3 Å². The standard InChI is InChI=1S/C12H14Cl2O2/c1-9-4-2-3-5-11(9)12(15)16-7-6-10(14)8-13/h2-5,10H,6-8H2,1H3. The van der Waals surface area contributed by atoms with Gasteiger partial charge in [-0.05, 0) is 25.0 Å². The number of carbonyl (C=O) groups excluding carboxylic acids is 1. The molecular formula is C12H14Cl2O2. The number of ether oxygens (including phenoxy) is 1. The number of carbonyl (C=O) groups is 1. The molecule has 1 aromatic rings. The summed E-state index contributed by atoms with van der Waals surface area (Å²) in [6.07, 6.45) is 0.572. The number of alkyl halides is 2. The van der Waals surface area contributed by atoms with Gasteiger partial charge in [0.1, 0.15) is 0 Å². The minimum atomic E-state index is -0.309. The van der Waals surface area contributed by atoms with Crippen LogP contribution in [-0.4, -0.2) is 23.8 Å². The van der Waals surface area contributed by atoms with E-state index in [9.17, 15) is 4.79 Å². The zero-order chi connectivity index (χ0) is 12.0. The first-order chi connectivity index (χ1) is 7.65. The fourth-order valence-electron chi connectivity index (χ4n) is 1.24. The third kappa shape index (κ3) is 4.03. The van der Waals surface area contributed by atoms with Crippen molar-refractivity contribution in [2.75, 3.05) is 12.5 Å². The Morgan fingerprint density at radius 3 is 2.75 bits per heavy atom. The number of halogens is 2. The molecule has 0 amide bonds. The zero-order valence-corrected chi connectivity index (χ0v) is 10.6. The largest absolute Gasteiger partial charge is 0.462 e. The Morgan fingerprint density at radius 2 is 2.12 bits per heavy atom. The van der Waals surface area contributed by atoms with E-state index < -0.39 is 0 Å². The summed E-state index contributed by atoms with van der Waals surface area (Å²) in [5.74, 6) is 0.0558. The zero-order valence-electron chi connectivity index (χ0n) is 9.08. The lowest BCUT2D eigenvalue weighted by atomic mass is 10.1. The molecule has 0 aromatic heterocycles. The Morgan fingerprint density at radius 1 is 1.44 bits per heavy atom. The quantitative estimate of drug-likeness (QED) is 0.600. The second kappa shape index (κ2) is 6.77. The number of rotatable bonds is 5. The van der Waals surface area contributed by atoms with Crippen molar-refractivity contribution in [3.63, 3.8) is 0 Å². The summed E-state index contributed by atoms with van der Waals surface area (Å²) >= 11 is 11.3. The molecule has 0 aliphatic rings. The fourth-order valence-corrected chi connectivity index (χ4v) is 1.48. The molecule has 16 heavy (non-hydrogen) atoms. The van der Waals surface area contributed by atoms with Gasteiger partial charge in [-0.15, -0.1) is 23.2 Å². The lowest BCUT2D eigenvalue weighted by Crippen LogP contribution is -2.11. The van der Waals surface area contributed by atoms with E-state index in [1.165, 1.54) is 0 Å². The molecule has 0 radical (unpaired) electrons. The molecule has 4 heteroatoms. The molecule has 1 atom stereocenters. The SMILES string of the molecule is Cc1ccccc1C(=O)OCCC(Cl)CCl. The molecule has 1 rings (SSSR count). The van der Waals surface area contributed by atoms with Crippen molar-refractivity contribution in [1.82, 2.24) is 0 Å². The third-order valence-electron chi connectivity index (χ3n) is 2.20. The fraction of sp³-hybridized carbons (Fsp3) is 0.417. The monoisotopic (exact) mass is 260 g/mol. The molecule has 0 aliphatic heterocycles. The highest BCUT2D eigenvalue weighted by Crippen LogP contribution is 2.10. The molecule has 1 unspecified atom stereocenters. The van der Waals surface area contributed by atoms with E-state index >= 15 is 0 Å². The van der Waals surface area contributed by atoms with Crippen molar-refractivity contribution in [2.24, 2.45) is 0 Å². The van der Waals surface area contributed by atoms with Crippen LogP contribution in [0.4, 0.5) is 0 Å². The van der Waals surface area contributed by atoms with Gasteiger partial charge < -0.3 is 4.74 Å². The van der Waals surface area contributed by atoms with Gasteiger partial charge in [-0.2, -0.15) is 0 Å². The van der Waals surface area contributed by atoms with Crippen molar-refractivity contribution < 1.29 is 9.53 Å². The Bertz CT molecular complexity index is 353. The topological polar surface area (TPSA) is 26.3 Å². The molecular weight excluding hydrogens is 247 g/mol. The van der Waals surface area contributed by atoms with Gasteiger partial charge in [0.05, 0.1) is 17.5 Å². The normalized spacial score (nSPS) is 12.2. The van der Waals surface area contributed by atoms with E-state index in [0.29, 0.717) is 24.5 Å². The summed E-state index contributed by atoms with van der Waals surface area (Å²) in [6, 6.07) is 7.32. The minimum Gasteiger partial charge on any atom is -0.462 e. The second-order valence-corrected chi connectivity index (χ2v) is 4.42. The molecule has 0 aliphatic carbocycles. The lowest BCUT2D eigenvalue weighted by Gasteiger charge is -2.08. The average molecular weight is 261 g/mol. The van der Waals surface area contributed by atoms with Crippen molar-refractivity contribution in [2.45, 2.75) is 18.7 Å². The molecule has 1 aromatic carbocycles. The summed E-state index contributed by atoms with van der Waals surface area (Å²) < 4.78 is 5.10. The van der Waals surface area contributed by atoms with Crippen LogP contribution in [0.5, 0.6) is 0 Å². The van der Waals surface area contributed by atoms with E-state index in [2.05, 4.69) is 0 Å². The summed E-state index contributed by atoms with van der Waals surface area (Å²) in [5, 5.41) is -0.147. The summed E-state index contributed by atoms with van der Waals surface area (Å²) in [6.45, 7) is 2.17. The Labute approximate surface area is 106 Å². The van der Waals surface area contributed by atoms with Crippen molar-refractivity contribution >= 4 is 29.2 Å². The number of benzene rings is 1. The predicted octanol–water partition coefficient (Wildman–Crippen LogP) is 3.39. The number of hydrogen-bond acceptors (Lipinski definition) is 2. The van der Waals surface area contributed by atoms with Gasteiger partial charge in [0.2, 0.25) is 0 Å². The van der Waals surface area contributed by atoms with Crippen LogP contribution in [0.25, 0.3) is 0 Å². The van der Waals surface area contributed by atoms with Crippen LogP contribution in [0.3, 0.4) is 0 Å². The maximum atomic E-state index is 11.6. The molecule has 0 saturated carbocycles. The lowest BCUT2D eigenvalue weighted by molar-refractivity contribution is 0.0500. The van der Waals surface area contributed by atoms with Crippen LogP contribution < -0.4 is 0 Å². The van der Waals surface area contributed by atoms with Gasteiger partial charge in [0.15, 0.2) is 0 Å². The van der Waals surface area contributed by atoms with Crippen LogP contribution in [0, 0.1) is 6.92 Å². The van der Waals surface area contributed by atoms with Gasteiger partial charge in [0.25, 0.3) is 0 Å². The summed E-state index contributed by atoms with van der Waals surface area (Å²) in [4.78, 5) is 11.6. The van der Waals surface area contributed by atoms with Gasteiger partial charge in [0, 0.05) is 5.88 Å². The number of hydrogen-bond donors (Lipinski definition) is 0. The van der Waals surface area contributed by atoms with Gasteiger partial charge >= 0.3 is 5.97 Å². The third-order valence-corrected chi connectivity index (χ3v) is 3.10. The number of aryl methyl sites for hydroxylation is 1. The van der Waals surface area contributed by atoms with Crippen molar-refractivity contribution in [3.05, 3.63) is 35.4 Å². The maximum absolute atomic E-state index is 11.6. The maximum Gasteiger partial charge on any atom is 0.338 e. The average Bonchev–Trinajstić information content (AvgIpc) is 2.29. The minimum absolute atomic E-state index is 0.147. The highest BCUT2D eigenvalue weighted by atomic mass is 35.5. The highest BCUT2D eigenvalue weighted by Gasteiger charge is 2.10. The van der Waals surface area contributed by atoms with Crippen LogP contribution in [0.2, 0.25) is 0 Å². The van der Waals surface area contributed by atoms with Gasteiger partial charge in [-0.3, -0.25) is 0 Å². The molecule has 0 heterocycles. The van der Waals surface area contributed by atoms with Crippen molar-refractivity contribution in [3.8, 4) is 0 Å². The molecule has 88 valence electrons. The van der Waals surface area contributed by atoms with E-state index in [4.69, 9.17) is 27.9 Å². The molecule has 2 nitrogen and oxygen atoms in total. The van der Waals surface area contributed by atoms with E-state index in [0.717, 1.165) is 5.56 Å². The number of esters is 1. The van der Waals surface area contributed by atoms with E-state index in [1.807, 2.05) is 25.1 Å². The molecule has 0 N–H and O–H groups in total. The van der Waals surface area contributed by atoms with E-state index in [1.54, 1.807) is 6.07 Å². The summed E-state index contributed by atoms with van der Waals surface area (Å²) in [5.41, 5.74) is 1.51. The van der Waals surface area contributed by atoms with Crippen LogP contribution in [0.1, 0.15) is 22.3 Å². The van der Waals surface area contributed by atoms with E-state index in [-0.39, 0.29) is 11.3 Å². The first-order valence-electron chi connectivity index (χ1n) is 5.08. The Balaban J connectivity index is 2.44. The highest BCUT2D eigenvalue weighted by molar-refractivity contribution is 6.28. The summed E-state index contributed by atoms with van der Waals surface area (Å²) in [7, 11) is 0. The molecule has 0 spiro atoms. The molecule has 0 bridgehead atoms. The predicted molar refractivity (Wildman–Crippen MR) is 66.4 cm³/mol. The smallest absolute Gasteiger partial charge is 0.338 e. The molecule has 0 saturated heterocycles. The Hall–Kier alpha value is -0.730. The van der Waals surface area contributed by atoms with Crippen LogP contribution in [-0.2, 0) is 4.74 Å². The first kappa shape index (κ1) is 13.3.